The molecule has 1 aromatic heterocycles. The van der Waals surface area contributed by atoms with Gasteiger partial charge in [-0.15, -0.1) is 0 Å². The molecule has 6 heteroatoms. The first-order chi connectivity index (χ1) is 7.78. The van der Waals surface area contributed by atoms with Gasteiger partial charge in [0, 0.05) is 5.54 Å². The van der Waals surface area contributed by atoms with E-state index in [1.165, 1.54) is 12.1 Å². The van der Waals surface area contributed by atoms with E-state index in [0.29, 0.717) is 17.5 Å². The first kappa shape index (κ1) is 14.0. The highest BCUT2D eigenvalue weighted by atomic mass is 32.2. The van der Waals surface area contributed by atoms with Gasteiger partial charge in [0.05, 0.1) is 5.75 Å². The molecule has 1 aromatic rings. The van der Waals surface area contributed by atoms with Gasteiger partial charge in [0.15, 0.2) is 5.76 Å². The highest BCUT2D eigenvalue weighted by Crippen LogP contribution is 2.21. The fourth-order valence-corrected chi connectivity index (χ4v) is 1.57. The van der Waals surface area contributed by atoms with Crippen molar-refractivity contribution in [3.8, 4) is 0 Å². The largest absolute Gasteiger partial charge is 0.455 e. The number of carbonyl (C=O) groups excluding carboxylic acids is 1. The van der Waals surface area contributed by atoms with Gasteiger partial charge in [0.25, 0.3) is 11.7 Å². The van der Waals surface area contributed by atoms with Crippen LogP contribution >= 0.6 is 11.8 Å². The molecule has 96 valence electrons. The Balaban J connectivity index is 2.58. The molecule has 0 unspecified atom stereocenters. The minimum Gasteiger partial charge on any atom is -0.455 e. The normalized spacial score (nSPS) is 11.9. The second-order valence-electron chi connectivity index (χ2n) is 4.54. The summed E-state index contributed by atoms with van der Waals surface area (Å²) in [6, 6.07) is 3.02. The van der Waals surface area contributed by atoms with E-state index in [9.17, 15) is 13.6 Å². The minimum absolute atomic E-state index is 0.0560. The van der Waals surface area contributed by atoms with E-state index < -0.39 is 5.76 Å². The van der Waals surface area contributed by atoms with Crippen molar-refractivity contribution in [2.24, 2.45) is 0 Å². The van der Waals surface area contributed by atoms with Gasteiger partial charge in [-0.05, 0) is 32.9 Å². The van der Waals surface area contributed by atoms with Crippen molar-refractivity contribution in [3.05, 3.63) is 23.7 Å². The Kier molecular flexibility index (Phi) is 4.56. The fourth-order valence-electron chi connectivity index (χ4n) is 1.12. The predicted octanol–water partition coefficient (Wildman–Crippen LogP) is 3.26. The van der Waals surface area contributed by atoms with Gasteiger partial charge >= 0.3 is 0 Å². The van der Waals surface area contributed by atoms with Crippen LogP contribution in [0.1, 0.15) is 37.1 Å². The van der Waals surface area contributed by atoms with Crippen molar-refractivity contribution in [2.45, 2.75) is 37.8 Å². The lowest BCUT2D eigenvalue weighted by Gasteiger charge is -2.19. The zero-order valence-corrected chi connectivity index (χ0v) is 10.7. The van der Waals surface area contributed by atoms with E-state index in [2.05, 4.69) is 5.32 Å². The molecule has 0 bridgehead atoms. The predicted molar refractivity (Wildman–Crippen MR) is 63.2 cm³/mol. The molecule has 0 aliphatic heterocycles. The van der Waals surface area contributed by atoms with Crippen LogP contribution in [-0.2, 0) is 5.75 Å². The summed E-state index contributed by atoms with van der Waals surface area (Å²) in [4.78, 5) is 11.7. The maximum absolute atomic E-state index is 12.0. The van der Waals surface area contributed by atoms with Crippen LogP contribution in [0, 0.1) is 0 Å². The first-order valence-corrected chi connectivity index (χ1v) is 6.14. The number of nitrogens with one attached hydrogen (secondary N) is 1. The van der Waals surface area contributed by atoms with Crippen LogP contribution in [0.15, 0.2) is 16.5 Å². The zero-order valence-electron chi connectivity index (χ0n) is 9.92. The van der Waals surface area contributed by atoms with Crippen molar-refractivity contribution in [1.82, 2.24) is 5.32 Å². The molecular weight excluding hydrogens is 248 g/mol. The van der Waals surface area contributed by atoms with Gasteiger partial charge in [-0.3, -0.25) is 4.79 Å². The Bertz CT molecular complexity index is 385. The van der Waals surface area contributed by atoms with Crippen LogP contribution in [-0.4, -0.2) is 17.2 Å². The van der Waals surface area contributed by atoms with E-state index in [-0.39, 0.29) is 23.0 Å². The van der Waals surface area contributed by atoms with Crippen LogP contribution in [0.3, 0.4) is 0 Å². The standard InChI is InChI=1S/C11H15F2NO2S/c1-11(2,3)14-9(15)8-5-4-7(16-8)6-17-10(12)13/h4-5,10H,6H2,1-3H3,(H,14,15). The lowest BCUT2D eigenvalue weighted by molar-refractivity contribution is 0.0889. The first-order valence-electron chi connectivity index (χ1n) is 5.09. The maximum Gasteiger partial charge on any atom is 0.287 e. The SMILES string of the molecule is CC(C)(C)NC(=O)c1ccc(CSC(F)F)o1. The molecule has 1 heterocycles. The average molecular weight is 263 g/mol. The molecule has 0 aromatic carbocycles. The quantitative estimate of drug-likeness (QED) is 0.906. The van der Waals surface area contributed by atoms with Crippen molar-refractivity contribution in [2.75, 3.05) is 0 Å². The van der Waals surface area contributed by atoms with Crippen molar-refractivity contribution < 1.29 is 18.0 Å². The number of amides is 1. The molecule has 17 heavy (non-hydrogen) atoms. The van der Waals surface area contributed by atoms with Gasteiger partial charge in [0.1, 0.15) is 5.76 Å². The van der Waals surface area contributed by atoms with Gasteiger partial charge in [-0.2, -0.15) is 8.78 Å². The number of alkyl halides is 2. The highest BCUT2D eigenvalue weighted by molar-refractivity contribution is 7.98. The molecule has 1 amide bonds. The third-order valence-corrected chi connectivity index (χ3v) is 2.43. The number of furan rings is 1. The number of hydrogen-bond acceptors (Lipinski definition) is 3. The number of rotatable bonds is 4. The Hall–Kier alpha value is -1.04. The van der Waals surface area contributed by atoms with Gasteiger partial charge in [-0.25, -0.2) is 0 Å². The molecule has 0 fully saturated rings. The summed E-state index contributed by atoms with van der Waals surface area (Å²) in [6.45, 7) is 5.55. The molecular formula is C11H15F2NO2S. The Labute approximate surface area is 103 Å². The summed E-state index contributed by atoms with van der Waals surface area (Å²) >= 11 is 0.464. The van der Waals surface area contributed by atoms with Gasteiger partial charge < -0.3 is 9.73 Å². The van der Waals surface area contributed by atoms with Crippen LogP contribution in [0.4, 0.5) is 8.78 Å². The van der Waals surface area contributed by atoms with Crippen LogP contribution in [0.2, 0.25) is 0 Å². The summed E-state index contributed by atoms with van der Waals surface area (Å²) in [6.07, 6.45) is 0. The molecule has 3 nitrogen and oxygen atoms in total. The molecule has 0 spiro atoms. The van der Waals surface area contributed by atoms with Crippen LogP contribution < -0.4 is 5.32 Å². The summed E-state index contributed by atoms with van der Waals surface area (Å²) in [5.41, 5.74) is -0.359. The number of hydrogen-bond donors (Lipinski definition) is 1. The fraction of sp³-hybridized carbons (Fsp3) is 0.545. The molecule has 0 aliphatic rings. The molecule has 0 saturated carbocycles. The molecule has 1 rings (SSSR count). The Morgan fingerprint density at radius 1 is 1.47 bits per heavy atom. The summed E-state index contributed by atoms with van der Waals surface area (Å²) in [7, 11) is 0. The minimum atomic E-state index is -2.44. The molecule has 0 saturated heterocycles. The van der Waals surface area contributed by atoms with Crippen molar-refractivity contribution in [1.29, 1.82) is 0 Å². The molecule has 0 atom stereocenters. The summed E-state index contributed by atoms with van der Waals surface area (Å²) < 4.78 is 29.1. The van der Waals surface area contributed by atoms with Crippen molar-refractivity contribution in [3.63, 3.8) is 0 Å². The van der Waals surface area contributed by atoms with Gasteiger partial charge in [0.2, 0.25) is 0 Å². The molecule has 1 N–H and O–H groups in total. The van der Waals surface area contributed by atoms with E-state index in [1.54, 1.807) is 0 Å². The lowest BCUT2D eigenvalue weighted by atomic mass is 10.1. The summed E-state index contributed by atoms with van der Waals surface area (Å²) in [5, 5.41) is 2.73. The summed E-state index contributed by atoms with van der Waals surface area (Å²) in [5.74, 6) is -2.21. The Morgan fingerprint density at radius 2 is 2.12 bits per heavy atom. The Morgan fingerprint density at radius 3 is 2.65 bits per heavy atom. The van der Waals surface area contributed by atoms with E-state index in [0.717, 1.165) is 0 Å². The van der Waals surface area contributed by atoms with Crippen LogP contribution in [0.25, 0.3) is 0 Å². The van der Waals surface area contributed by atoms with Crippen LogP contribution in [0.5, 0.6) is 0 Å². The van der Waals surface area contributed by atoms with E-state index >= 15 is 0 Å². The lowest BCUT2D eigenvalue weighted by Crippen LogP contribution is -2.40. The van der Waals surface area contributed by atoms with Gasteiger partial charge in [-0.1, -0.05) is 11.8 Å². The second-order valence-corrected chi connectivity index (χ2v) is 5.52. The molecule has 0 aliphatic carbocycles. The third kappa shape index (κ3) is 5.21. The maximum atomic E-state index is 12.0. The number of carbonyl (C=O) groups is 1. The van der Waals surface area contributed by atoms with Crippen molar-refractivity contribution >= 4 is 17.7 Å². The average Bonchev–Trinajstić information content (AvgIpc) is 2.60. The van der Waals surface area contributed by atoms with E-state index in [1.807, 2.05) is 20.8 Å². The topological polar surface area (TPSA) is 42.2 Å². The smallest absolute Gasteiger partial charge is 0.287 e. The van der Waals surface area contributed by atoms with E-state index in [4.69, 9.17) is 4.42 Å². The number of thioether (sulfide) groups is 1. The monoisotopic (exact) mass is 263 g/mol. The second kappa shape index (κ2) is 5.53. The zero-order chi connectivity index (χ0) is 13.1. The molecule has 0 radical (unpaired) electrons. The third-order valence-electron chi connectivity index (χ3n) is 1.73. The number of halogens is 2. The highest BCUT2D eigenvalue weighted by Gasteiger charge is 2.18.